The van der Waals surface area contributed by atoms with Crippen molar-refractivity contribution in [3.8, 4) is 11.8 Å². The third-order valence-electron chi connectivity index (χ3n) is 2.82. The Morgan fingerprint density at radius 2 is 1.95 bits per heavy atom. The van der Waals surface area contributed by atoms with Gasteiger partial charge in [-0.25, -0.2) is 9.97 Å². The van der Waals surface area contributed by atoms with Crippen LogP contribution in [0, 0.1) is 25.2 Å². The lowest BCUT2D eigenvalue weighted by molar-refractivity contribution is 0.318. The van der Waals surface area contributed by atoms with E-state index in [2.05, 4.69) is 16.0 Å². The van der Waals surface area contributed by atoms with E-state index in [4.69, 9.17) is 4.74 Å². The van der Waals surface area contributed by atoms with Gasteiger partial charge in [-0.1, -0.05) is 18.2 Å². The SMILES string of the molecule is Cc1nc(C)c(C#N)c(SCCCOc2ccccc2)n1. The number of hydrogen-bond acceptors (Lipinski definition) is 5. The topological polar surface area (TPSA) is 58.8 Å². The van der Waals surface area contributed by atoms with E-state index in [0.29, 0.717) is 18.0 Å². The minimum Gasteiger partial charge on any atom is -0.494 e. The van der Waals surface area contributed by atoms with Crippen molar-refractivity contribution >= 4 is 11.8 Å². The maximum Gasteiger partial charge on any atom is 0.126 e. The molecule has 0 radical (unpaired) electrons. The van der Waals surface area contributed by atoms with E-state index in [-0.39, 0.29) is 0 Å². The Hall–Kier alpha value is -2.06. The zero-order valence-electron chi connectivity index (χ0n) is 12.2. The van der Waals surface area contributed by atoms with Crippen LogP contribution >= 0.6 is 11.8 Å². The number of para-hydroxylation sites is 1. The molecule has 0 aliphatic carbocycles. The van der Waals surface area contributed by atoms with E-state index in [1.165, 1.54) is 0 Å². The predicted molar refractivity (Wildman–Crippen MR) is 83.5 cm³/mol. The summed E-state index contributed by atoms with van der Waals surface area (Å²) in [7, 11) is 0. The van der Waals surface area contributed by atoms with Crippen molar-refractivity contribution in [3.05, 3.63) is 47.4 Å². The second-order valence-electron chi connectivity index (χ2n) is 4.51. The van der Waals surface area contributed by atoms with E-state index in [0.717, 1.165) is 28.6 Å². The van der Waals surface area contributed by atoms with Crippen LogP contribution in [-0.4, -0.2) is 22.3 Å². The molecule has 0 N–H and O–H groups in total. The lowest BCUT2D eigenvalue weighted by Crippen LogP contribution is -2.01. The third-order valence-corrected chi connectivity index (χ3v) is 3.88. The lowest BCUT2D eigenvalue weighted by Gasteiger charge is -2.07. The van der Waals surface area contributed by atoms with Crippen LogP contribution in [0.25, 0.3) is 0 Å². The Labute approximate surface area is 129 Å². The molecule has 0 atom stereocenters. The third kappa shape index (κ3) is 4.47. The van der Waals surface area contributed by atoms with Crippen molar-refractivity contribution in [3.63, 3.8) is 0 Å². The highest BCUT2D eigenvalue weighted by atomic mass is 32.2. The minimum atomic E-state index is 0.578. The maximum absolute atomic E-state index is 9.17. The number of nitrogens with zero attached hydrogens (tertiary/aromatic N) is 3. The molecule has 0 aliphatic heterocycles. The first-order chi connectivity index (χ1) is 10.2. The molecule has 21 heavy (non-hydrogen) atoms. The second kappa shape index (κ2) is 7.65. The van der Waals surface area contributed by atoms with Crippen molar-refractivity contribution in [2.24, 2.45) is 0 Å². The molecule has 0 saturated heterocycles. The summed E-state index contributed by atoms with van der Waals surface area (Å²) in [6, 6.07) is 11.9. The zero-order chi connectivity index (χ0) is 15.1. The number of thioether (sulfide) groups is 1. The number of ether oxygens (including phenoxy) is 1. The van der Waals surface area contributed by atoms with Crippen molar-refractivity contribution in [2.45, 2.75) is 25.3 Å². The van der Waals surface area contributed by atoms with Crippen LogP contribution in [0.15, 0.2) is 35.4 Å². The summed E-state index contributed by atoms with van der Waals surface area (Å²) >= 11 is 1.58. The zero-order valence-corrected chi connectivity index (χ0v) is 13.0. The van der Waals surface area contributed by atoms with Crippen LogP contribution in [0.5, 0.6) is 5.75 Å². The molecule has 1 aromatic carbocycles. The monoisotopic (exact) mass is 299 g/mol. The molecular weight excluding hydrogens is 282 g/mol. The Bertz CT molecular complexity index is 638. The average molecular weight is 299 g/mol. The molecule has 0 bridgehead atoms. The summed E-state index contributed by atoms with van der Waals surface area (Å²) in [5.74, 6) is 2.45. The fourth-order valence-corrected chi connectivity index (χ4v) is 2.84. The van der Waals surface area contributed by atoms with Gasteiger partial charge in [-0.15, -0.1) is 11.8 Å². The van der Waals surface area contributed by atoms with E-state index in [1.807, 2.05) is 44.2 Å². The van der Waals surface area contributed by atoms with Gasteiger partial charge in [0, 0.05) is 5.75 Å². The first-order valence-electron chi connectivity index (χ1n) is 6.76. The molecule has 2 aromatic rings. The highest BCUT2D eigenvalue weighted by Gasteiger charge is 2.10. The van der Waals surface area contributed by atoms with Gasteiger partial charge in [0.2, 0.25) is 0 Å². The Kier molecular flexibility index (Phi) is 5.59. The second-order valence-corrected chi connectivity index (χ2v) is 5.60. The average Bonchev–Trinajstić information content (AvgIpc) is 2.47. The molecular formula is C16H17N3OS. The molecule has 0 spiro atoms. The van der Waals surface area contributed by atoms with Crippen molar-refractivity contribution < 1.29 is 4.74 Å². The molecule has 0 aliphatic rings. The van der Waals surface area contributed by atoms with E-state index in [9.17, 15) is 5.26 Å². The molecule has 1 aromatic heterocycles. The molecule has 1 heterocycles. The Morgan fingerprint density at radius 3 is 2.67 bits per heavy atom. The van der Waals surface area contributed by atoms with Gasteiger partial charge in [0.05, 0.1) is 12.3 Å². The van der Waals surface area contributed by atoms with Gasteiger partial charge in [-0.2, -0.15) is 5.26 Å². The number of rotatable bonds is 6. The summed E-state index contributed by atoms with van der Waals surface area (Å²) in [6.45, 7) is 4.34. The van der Waals surface area contributed by atoms with Crippen LogP contribution in [0.2, 0.25) is 0 Å². The Morgan fingerprint density at radius 1 is 1.19 bits per heavy atom. The van der Waals surface area contributed by atoms with E-state index < -0.39 is 0 Å². The first kappa shape index (κ1) is 15.3. The predicted octanol–water partition coefficient (Wildman–Crippen LogP) is 3.53. The van der Waals surface area contributed by atoms with E-state index in [1.54, 1.807) is 11.8 Å². The van der Waals surface area contributed by atoms with Gasteiger partial charge < -0.3 is 4.74 Å². The first-order valence-corrected chi connectivity index (χ1v) is 7.75. The standard InChI is InChI=1S/C16H17N3OS/c1-12-15(11-17)16(19-13(2)18-12)21-10-6-9-20-14-7-4-3-5-8-14/h3-5,7-8H,6,9-10H2,1-2H3. The van der Waals surface area contributed by atoms with Crippen molar-refractivity contribution in [1.29, 1.82) is 5.26 Å². The minimum absolute atomic E-state index is 0.578. The van der Waals surface area contributed by atoms with Crippen LogP contribution in [0.1, 0.15) is 23.5 Å². The van der Waals surface area contributed by atoms with E-state index >= 15 is 0 Å². The van der Waals surface area contributed by atoms with Gasteiger partial charge in [-0.3, -0.25) is 0 Å². The van der Waals surface area contributed by atoms with Crippen LogP contribution in [-0.2, 0) is 0 Å². The van der Waals surface area contributed by atoms with Gasteiger partial charge in [0.15, 0.2) is 0 Å². The number of aryl methyl sites for hydroxylation is 2. The highest BCUT2D eigenvalue weighted by molar-refractivity contribution is 7.99. The van der Waals surface area contributed by atoms with Gasteiger partial charge in [0.1, 0.15) is 28.2 Å². The summed E-state index contributed by atoms with van der Waals surface area (Å²) in [5, 5.41) is 9.94. The summed E-state index contributed by atoms with van der Waals surface area (Å²) in [5.41, 5.74) is 1.32. The molecule has 4 nitrogen and oxygen atoms in total. The summed E-state index contributed by atoms with van der Waals surface area (Å²) < 4.78 is 5.64. The molecule has 108 valence electrons. The summed E-state index contributed by atoms with van der Waals surface area (Å²) in [4.78, 5) is 8.57. The molecule has 0 saturated carbocycles. The fraction of sp³-hybridized carbons (Fsp3) is 0.312. The molecule has 0 unspecified atom stereocenters. The molecule has 0 fully saturated rings. The van der Waals surface area contributed by atoms with Crippen molar-refractivity contribution in [2.75, 3.05) is 12.4 Å². The fourth-order valence-electron chi connectivity index (χ4n) is 1.85. The van der Waals surface area contributed by atoms with Gasteiger partial charge in [0.25, 0.3) is 0 Å². The summed E-state index contributed by atoms with van der Waals surface area (Å²) in [6.07, 6.45) is 0.895. The maximum atomic E-state index is 9.17. The molecule has 0 amide bonds. The number of nitriles is 1. The lowest BCUT2D eigenvalue weighted by atomic mass is 10.3. The van der Waals surface area contributed by atoms with Crippen LogP contribution < -0.4 is 4.74 Å². The number of benzene rings is 1. The van der Waals surface area contributed by atoms with Gasteiger partial charge in [-0.05, 0) is 32.4 Å². The van der Waals surface area contributed by atoms with Crippen LogP contribution in [0.4, 0.5) is 0 Å². The number of hydrogen-bond donors (Lipinski definition) is 0. The number of aromatic nitrogens is 2. The normalized spacial score (nSPS) is 10.1. The largest absolute Gasteiger partial charge is 0.494 e. The molecule has 5 heteroatoms. The van der Waals surface area contributed by atoms with Gasteiger partial charge >= 0.3 is 0 Å². The highest BCUT2D eigenvalue weighted by Crippen LogP contribution is 2.22. The Balaban J connectivity index is 1.83. The quantitative estimate of drug-likeness (QED) is 0.464. The van der Waals surface area contributed by atoms with Crippen LogP contribution in [0.3, 0.4) is 0 Å². The molecule has 2 rings (SSSR count). The van der Waals surface area contributed by atoms with Crippen molar-refractivity contribution in [1.82, 2.24) is 9.97 Å². The smallest absolute Gasteiger partial charge is 0.126 e.